The molecule has 0 aliphatic rings. The van der Waals surface area contributed by atoms with Crippen molar-refractivity contribution < 1.29 is 9.13 Å². The number of methoxy groups -OCH3 is 1. The molecule has 0 spiro atoms. The summed E-state index contributed by atoms with van der Waals surface area (Å²) in [4.78, 5) is 0. The number of rotatable bonds is 3. The van der Waals surface area contributed by atoms with E-state index >= 15 is 0 Å². The van der Waals surface area contributed by atoms with Gasteiger partial charge in [0.1, 0.15) is 11.6 Å². The van der Waals surface area contributed by atoms with E-state index in [2.05, 4.69) is 0 Å². The van der Waals surface area contributed by atoms with E-state index in [1.807, 2.05) is 47.2 Å². The normalized spacial score (nSPS) is 10.8. The highest BCUT2D eigenvalue weighted by Crippen LogP contribution is 2.23. The second-order valence-corrected chi connectivity index (χ2v) is 4.46. The topological polar surface area (TPSA) is 14.2 Å². The smallest absolute Gasteiger partial charge is 0.128 e. The van der Waals surface area contributed by atoms with Crippen LogP contribution in [0.15, 0.2) is 54.7 Å². The highest BCUT2D eigenvalue weighted by Gasteiger charge is 2.05. The molecule has 2 aromatic carbocycles. The summed E-state index contributed by atoms with van der Waals surface area (Å²) in [5.74, 6) is 0.661. The number of ether oxygens (including phenoxy) is 1. The Labute approximate surface area is 111 Å². The summed E-state index contributed by atoms with van der Waals surface area (Å²) >= 11 is 0. The maximum absolute atomic E-state index is 13.7. The molecule has 0 saturated heterocycles. The fourth-order valence-corrected chi connectivity index (χ4v) is 2.25. The molecule has 3 aromatic rings. The largest absolute Gasteiger partial charge is 0.497 e. The van der Waals surface area contributed by atoms with Crippen LogP contribution in [0.2, 0.25) is 0 Å². The third kappa shape index (κ3) is 2.19. The average Bonchev–Trinajstić information content (AvgIpc) is 2.83. The number of fused-ring (bicyclic) bond motifs is 1. The van der Waals surface area contributed by atoms with Crippen LogP contribution in [-0.4, -0.2) is 11.7 Å². The van der Waals surface area contributed by atoms with Gasteiger partial charge in [-0.3, -0.25) is 0 Å². The second kappa shape index (κ2) is 4.76. The zero-order valence-electron chi connectivity index (χ0n) is 10.6. The molecule has 0 saturated carbocycles. The Bertz CT molecular complexity index is 718. The van der Waals surface area contributed by atoms with E-state index in [1.165, 1.54) is 6.07 Å². The fraction of sp³-hybridized carbons (Fsp3) is 0.125. The zero-order chi connectivity index (χ0) is 13.2. The highest BCUT2D eigenvalue weighted by molar-refractivity contribution is 5.81. The summed E-state index contributed by atoms with van der Waals surface area (Å²) < 4.78 is 20.9. The molecule has 0 amide bonds. The molecule has 0 unspecified atom stereocenters. The van der Waals surface area contributed by atoms with E-state index in [-0.39, 0.29) is 5.82 Å². The molecule has 0 aliphatic carbocycles. The summed E-state index contributed by atoms with van der Waals surface area (Å²) in [5, 5.41) is 1.09. The van der Waals surface area contributed by atoms with Crippen molar-refractivity contribution in [2.75, 3.05) is 7.11 Å². The summed E-state index contributed by atoms with van der Waals surface area (Å²) in [7, 11) is 1.65. The molecule has 3 rings (SSSR count). The molecule has 3 heteroatoms. The number of nitrogens with zero attached hydrogens (tertiary/aromatic N) is 1. The molecule has 96 valence electrons. The van der Waals surface area contributed by atoms with Crippen molar-refractivity contribution >= 4 is 10.9 Å². The van der Waals surface area contributed by atoms with E-state index in [0.717, 1.165) is 16.7 Å². The van der Waals surface area contributed by atoms with Crippen molar-refractivity contribution in [3.8, 4) is 5.75 Å². The minimum absolute atomic E-state index is 0.169. The van der Waals surface area contributed by atoms with Crippen LogP contribution in [0.1, 0.15) is 5.56 Å². The van der Waals surface area contributed by atoms with Crippen molar-refractivity contribution in [2.45, 2.75) is 6.54 Å². The van der Waals surface area contributed by atoms with Crippen molar-refractivity contribution in [1.29, 1.82) is 0 Å². The van der Waals surface area contributed by atoms with Gasteiger partial charge in [0.25, 0.3) is 0 Å². The monoisotopic (exact) mass is 255 g/mol. The molecular weight excluding hydrogens is 241 g/mol. The number of hydrogen-bond donors (Lipinski definition) is 0. The van der Waals surface area contributed by atoms with Crippen LogP contribution < -0.4 is 4.74 Å². The van der Waals surface area contributed by atoms with Crippen molar-refractivity contribution in [1.82, 2.24) is 4.57 Å². The van der Waals surface area contributed by atoms with Crippen molar-refractivity contribution in [3.05, 3.63) is 66.1 Å². The van der Waals surface area contributed by atoms with Gasteiger partial charge in [-0.25, -0.2) is 4.39 Å². The second-order valence-electron chi connectivity index (χ2n) is 4.46. The summed E-state index contributed by atoms with van der Waals surface area (Å²) in [5.41, 5.74) is 1.76. The number of aromatic nitrogens is 1. The Kier molecular flexibility index (Phi) is 2.95. The lowest BCUT2D eigenvalue weighted by molar-refractivity contribution is 0.415. The van der Waals surface area contributed by atoms with Gasteiger partial charge in [-0.15, -0.1) is 0 Å². The minimum atomic E-state index is -0.169. The quantitative estimate of drug-likeness (QED) is 0.693. The van der Waals surface area contributed by atoms with Crippen LogP contribution >= 0.6 is 0 Å². The molecule has 19 heavy (non-hydrogen) atoms. The first kappa shape index (κ1) is 11.8. The molecule has 0 aliphatic heterocycles. The molecule has 1 aromatic heterocycles. The minimum Gasteiger partial charge on any atom is -0.497 e. The Balaban J connectivity index is 2.00. The molecule has 0 radical (unpaired) electrons. The van der Waals surface area contributed by atoms with Gasteiger partial charge in [0.2, 0.25) is 0 Å². The molecule has 2 nitrogen and oxygen atoms in total. The maximum Gasteiger partial charge on any atom is 0.128 e. The molecular formula is C16H14FNO. The van der Waals surface area contributed by atoms with Gasteiger partial charge in [0.15, 0.2) is 0 Å². The number of benzene rings is 2. The van der Waals surface area contributed by atoms with Crippen molar-refractivity contribution in [2.24, 2.45) is 0 Å². The molecule has 0 bridgehead atoms. The Morgan fingerprint density at radius 1 is 1.11 bits per heavy atom. The predicted molar refractivity (Wildman–Crippen MR) is 74.0 cm³/mol. The van der Waals surface area contributed by atoms with E-state index in [1.54, 1.807) is 13.2 Å². The van der Waals surface area contributed by atoms with Crippen LogP contribution in [0.3, 0.4) is 0 Å². The maximum atomic E-state index is 13.7. The van der Waals surface area contributed by atoms with Crippen molar-refractivity contribution in [3.63, 3.8) is 0 Å². The van der Waals surface area contributed by atoms with Gasteiger partial charge in [0.05, 0.1) is 13.7 Å². The molecule has 0 fully saturated rings. The SMILES string of the molecule is COc1ccc2c(ccn2Cc2ccccc2F)c1. The van der Waals surface area contributed by atoms with E-state index in [4.69, 9.17) is 4.74 Å². The van der Waals surface area contributed by atoms with Crippen LogP contribution in [0, 0.1) is 5.82 Å². The molecule has 1 heterocycles. The van der Waals surface area contributed by atoms with Gasteiger partial charge in [-0.2, -0.15) is 0 Å². The first-order valence-corrected chi connectivity index (χ1v) is 6.14. The van der Waals surface area contributed by atoms with Gasteiger partial charge in [0, 0.05) is 22.7 Å². The Hall–Kier alpha value is -2.29. The lowest BCUT2D eigenvalue weighted by Gasteiger charge is -2.07. The number of halogens is 1. The van der Waals surface area contributed by atoms with Gasteiger partial charge in [-0.1, -0.05) is 18.2 Å². The predicted octanol–water partition coefficient (Wildman–Crippen LogP) is 3.84. The molecule has 0 N–H and O–H groups in total. The standard InChI is InChI=1S/C16H14FNO/c1-19-14-6-7-16-12(10-14)8-9-18(16)11-13-4-2-3-5-15(13)17/h2-10H,11H2,1H3. The Morgan fingerprint density at radius 3 is 2.74 bits per heavy atom. The lowest BCUT2D eigenvalue weighted by atomic mass is 10.2. The fourth-order valence-electron chi connectivity index (χ4n) is 2.25. The third-order valence-electron chi connectivity index (χ3n) is 3.28. The van der Waals surface area contributed by atoms with E-state index < -0.39 is 0 Å². The summed E-state index contributed by atoms with van der Waals surface area (Å²) in [6, 6.07) is 14.8. The summed E-state index contributed by atoms with van der Waals surface area (Å²) in [6.45, 7) is 0.530. The average molecular weight is 255 g/mol. The van der Waals surface area contributed by atoms with Crippen LogP contribution in [0.5, 0.6) is 5.75 Å². The van der Waals surface area contributed by atoms with Gasteiger partial charge >= 0.3 is 0 Å². The van der Waals surface area contributed by atoms with Gasteiger partial charge in [-0.05, 0) is 30.3 Å². The van der Waals surface area contributed by atoms with Crippen LogP contribution in [0.4, 0.5) is 4.39 Å². The Morgan fingerprint density at radius 2 is 1.95 bits per heavy atom. The highest BCUT2D eigenvalue weighted by atomic mass is 19.1. The number of hydrogen-bond acceptors (Lipinski definition) is 1. The molecule has 0 atom stereocenters. The first-order valence-electron chi connectivity index (χ1n) is 6.14. The van der Waals surface area contributed by atoms with E-state index in [0.29, 0.717) is 12.1 Å². The van der Waals surface area contributed by atoms with Crippen LogP contribution in [-0.2, 0) is 6.54 Å². The van der Waals surface area contributed by atoms with Gasteiger partial charge < -0.3 is 9.30 Å². The zero-order valence-corrected chi connectivity index (χ0v) is 10.6. The lowest BCUT2D eigenvalue weighted by Crippen LogP contribution is -2.00. The first-order chi connectivity index (χ1) is 9.28. The third-order valence-corrected chi connectivity index (χ3v) is 3.28. The van der Waals surface area contributed by atoms with Crippen LogP contribution in [0.25, 0.3) is 10.9 Å². The van der Waals surface area contributed by atoms with E-state index in [9.17, 15) is 4.39 Å². The summed E-state index contributed by atoms with van der Waals surface area (Å²) in [6.07, 6.45) is 1.97.